The standard InChI is InChI=1S/C4H7IN2S/c1-3(6)8-4(2)7-5/h6H,1-2H3/b6-3?,7-4-. The van der Waals surface area contributed by atoms with E-state index in [0.717, 1.165) is 5.04 Å². The van der Waals surface area contributed by atoms with Crippen LogP contribution in [0.2, 0.25) is 0 Å². The molecule has 0 saturated carbocycles. The van der Waals surface area contributed by atoms with Gasteiger partial charge in [0.15, 0.2) is 0 Å². The Morgan fingerprint density at radius 2 is 2.12 bits per heavy atom. The van der Waals surface area contributed by atoms with Crippen LogP contribution in [0.5, 0.6) is 0 Å². The van der Waals surface area contributed by atoms with Crippen molar-refractivity contribution in [1.29, 1.82) is 5.41 Å². The van der Waals surface area contributed by atoms with Crippen LogP contribution >= 0.6 is 34.6 Å². The van der Waals surface area contributed by atoms with E-state index in [1.165, 1.54) is 11.8 Å². The smallest absolute Gasteiger partial charge is 0.0840 e. The molecule has 0 radical (unpaired) electrons. The van der Waals surface area contributed by atoms with E-state index in [0.29, 0.717) is 5.04 Å². The van der Waals surface area contributed by atoms with Gasteiger partial charge in [0.05, 0.1) is 33.0 Å². The largest absolute Gasteiger partial charge is 0.298 e. The van der Waals surface area contributed by atoms with E-state index in [9.17, 15) is 0 Å². The molecule has 0 spiro atoms. The lowest BCUT2D eigenvalue weighted by Crippen LogP contribution is -1.85. The van der Waals surface area contributed by atoms with Gasteiger partial charge >= 0.3 is 0 Å². The molecule has 0 bridgehead atoms. The van der Waals surface area contributed by atoms with Crippen LogP contribution < -0.4 is 0 Å². The second kappa shape index (κ2) is 4.31. The van der Waals surface area contributed by atoms with Crippen molar-refractivity contribution in [3.63, 3.8) is 0 Å². The number of hydrogen-bond donors (Lipinski definition) is 1. The minimum atomic E-state index is 0.586. The van der Waals surface area contributed by atoms with Crippen LogP contribution in [0.3, 0.4) is 0 Å². The second-order valence-corrected chi connectivity index (χ2v) is 3.15. The lowest BCUT2D eigenvalue weighted by atomic mass is 10.9. The fourth-order valence-electron chi connectivity index (χ4n) is 0.239. The predicted octanol–water partition coefficient (Wildman–Crippen LogP) is 2.49. The van der Waals surface area contributed by atoms with Crippen LogP contribution in [-0.2, 0) is 0 Å². The molecule has 4 heteroatoms. The predicted molar refractivity (Wildman–Crippen MR) is 48.1 cm³/mol. The number of nitrogens with zero attached hydrogens (tertiary/aromatic N) is 1. The molecule has 0 fully saturated rings. The van der Waals surface area contributed by atoms with Crippen LogP contribution in [-0.4, -0.2) is 10.1 Å². The highest BCUT2D eigenvalue weighted by Gasteiger charge is 1.90. The van der Waals surface area contributed by atoms with Crippen LogP contribution in [0.15, 0.2) is 3.21 Å². The maximum absolute atomic E-state index is 7.01. The Labute approximate surface area is 67.2 Å². The van der Waals surface area contributed by atoms with Crippen molar-refractivity contribution in [2.45, 2.75) is 13.8 Å². The molecule has 0 aliphatic carbocycles. The van der Waals surface area contributed by atoms with Gasteiger partial charge in [-0.05, 0) is 13.8 Å². The van der Waals surface area contributed by atoms with Crippen molar-refractivity contribution < 1.29 is 0 Å². The SMILES string of the molecule is CC(=N)S/C(C)=N\I. The van der Waals surface area contributed by atoms with Crippen LogP contribution in [0.1, 0.15) is 13.8 Å². The number of hydrogen-bond acceptors (Lipinski definition) is 3. The topological polar surface area (TPSA) is 36.2 Å². The zero-order valence-corrected chi connectivity index (χ0v) is 7.71. The first kappa shape index (κ1) is 8.42. The number of halogens is 1. The molecule has 0 aliphatic heterocycles. The van der Waals surface area contributed by atoms with Crippen molar-refractivity contribution in [1.82, 2.24) is 0 Å². The van der Waals surface area contributed by atoms with E-state index in [4.69, 9.17) is 5.41 Å². The lowest BCUT2D eigenvalue weighted by Gasteiger charge is -1.90. The summed E-state index contributed by atoms with van der Waals surface area (Å²) >= 11 is 3.30. The van der Waals surface area contributed by atoms with Gasteiger partial charge in [0, 0.05) is 0 Å². The maximum Gasteiger partial charge on any atom is 0.0840 e. The summed E-state index contributed by atoms with van der Waals surface area (Å²) in [6.45, 7) is 3.63. The third-order valence-corrected chi connectivity index (χ3v) is 2.16. The van der Waals surface area contributed by atoms with Crippen LogP contribution in [0.4, 0.5) is 0 Å². The van der Waals surface area contributed by atoms with E-state index in [1.807, 2.05) is 29.8 Å². The second-order valence-electron chi connectivity index (χ2n) is 1.26. The Morgan fingerprint density at radius 1 is 1.62 bits per heavy atom. The van der Waals surface area contributed by atoms with Gasteiger partial charge < -0.3 is 0 Å². The summed E-state index contributed by atoms with van der Waals surface area (Å²) in [4.78, 5) is 0. The molecule has 0 aliphatic rings. The van der Waals surface area contributed by atoms with Crippen molar-refractivity contribution in [3.05, 3.63) is 0 Å². The van der Waals surface area contributed by atoms with E-state index in [-0.39, 0.29) is 0 Å². The van der Waals surface area contributed by atoms with Crippen molar-refractivity contribution >= 4 is 44.7 Å². The number of thioether (sulfide) groups is 1. The van der Waals surface area contributed by atoms with Gasteiger partial charge in [-0.15, -0.1) is 0 Å². The highest BCUT2D eigenvalue weighted by atomic mass is 127. The number of rotatable bonds is 0. The summed E-state index contributed by atoms with van der Waals surface area (Å²) in [6, 6.07) is 0. The minimum Gasteiger partial charge on any atom is -0.298 e. The highest BCUT2D eigenvalue weighted by Crippen LogP contribution is 2.06. The molecule has 0 rings (SSSR count). The van der Waals surface area contributed by atoms with Crippen molar-refractivity contribution in [2.24, 2.45) is 3.21 Å². The summed E-state index contributed by atoms with van der Waals surface area (Å²) in [7, 11) is 0. The minimum absolute atomic E-state index is 0.586. The number of nitrogens with one attached hydrogen (secondary N) is 1. The molecule has 0 heterocycles. The fraction of sp³-hybridized carbons (Fsp3) is 0.500. The molecule has 2 nitrogen and oxygen atoms in total. The summed E-state index contributed by atoms with van der Waals surface area (Å²) in [6.07, 6.45) is 0. The average molecular weight is 242 g/mol. The van der Waals surface area contributed by atoms with Crippen molar-refractivity contribution in [3.8, 4) is 0 Å². The normalized spacial score (nSPS) is 11.6. The molecular weight excluding hydrogens is 235 g/mol. The molecule has 0 aromatic heterocycles. The summed E-state index contributed by atoms with van der Waals surface area (Å²) in [5.74, 6) is 0. The first-order valence-electron chi connectivity index (χ1n) is 2.05. The third kappa shape index (κ3) is 4.58. The Kier molecular flexibility index (Phi) is 4.54. The molecule has 46 valence electrons. The first-order chi connectivity index (χ1) is 3.66. The van der Waals surface area contributed by atoms with Gasteiger partial charge in [-0.1, -0.05) is 11.8 Å². The van der Waals surface area contributed by atoms with Crippen LogP contribution in [0.25, 0.3) is 0 Å². The average Bonchev–Trinajstić information content (AvgIpc) is 1.65. The lowest BCUT2D eigenvalue weighted by molar-refractivity contribution is 1.54. The van der Waals surface area contributed by atoms with E-state index < -0.39 is 0 Å². The molecular formula is C4H7IN2S. The molecule has 0 amide bonds. The Hall–Kier alpha value is 0.420. The fourth-order valence-corrected chi connectivity index (χ4v) is 1.01. The molecule has 0 unspecified atom stereocenters. The summed E-state index contributed by atoms with van der Waals surface area (Å²) in [5.41, 5.74) is 0. The van der Waals surface area contributed by atoms with Gasteiger partial charge in [-0.2, -0.15) is 0 Å². The van der Waals surface area contributed by atoms with Crippen LogP contribution in [0, 0.1) is 5.41 Å². The third-order valence-electron chi connectivity index (χ3n) is 0.420. The Morgan fingerprint density at radius 3 is 2.25 bits per heavy atom. The quantitative estimate of drug-likeness (QED) is 0.395. The zero-order chi connectivity index (χ0) is 6.57. The molecule has 0 aromatic carbocycles. The molecule has 0 atom stereocenters. The van der Waals surface area contributed by atoms with Gasteiger partial charge in [-0.3, -0.25) is 5.41 Å². The van der Waals surface area contributed by atoms with E-state index in [1.54, 1.807) is 6.92 Å². The highest BCUT2D eigenvalue weighted by molar-refractivity contribution is 14.1. The Bertz CT molecular complexity index is 121. The zero-order valence-electron chi connectivity index (χ0n) is 4.73. The van der Waals surface area contributed by atoms with E-state index >= 15 is 0 Å². The molecule has 0 aromatic rings. The molecule has 8 heavy (non-hydrogen) atoms. The van der Waals surface area contributed by atoms with Gasteiger partial charge in [0.25, 0.3) is 0 Å². The van der Waals surface area contributed by atoms with Crippen molar-refractivity contribution in [2.75, 3.05) is 0 Å². The van der Waals surface area contributed by atoms with E-state index in [2.05, 4.69) is 3.21 Å². The summed E-state index contributed by atoms with van der Waals surface area (Å²) in [5, 5.41) is 8.52. The Balaban J connectivity index is 3.56. The van der Waals surface area contributed by atoms with Gasteiger partial charge in [0.2, 0.25) is 0 Å². The van der Waals surface area contributed by atoms with Gasteiger partial charge in [0.1, 0.15) is 0 Å². The summed E-state index contributed by atoms with van der Waals surface area (Å²) < 4.78 is 3.84. The first-order valence-corrected chi connectivity index (χ1v) is 3.83. The maximum atomic E-state index is 7.01. The molecule has 1 N–H and O–H groups in total. The van der Waals surface area contributed by atoms with Gasteiger partial charge in [-0.25, -0.2) is 3.21 Å². The monoisotopic (exact) mass is 242 g/mol. The molecule has 0 saturated heterocycles.